The largest absolute Gasteiger partial charge is 0.351 e. The summed E-state index contributed by atoms with van der Waals surface area (Å²) in [4.78, 5) is 25.0. The molecular weight excluding hydrogens is 270 g/mol. The second kappa shape index (κ2) is 6.88. The summed E-state index contributed by atoms with van der Waals surface area (Å²) >= 11 is 0. The van der Waals surface area contributed by atoms with E-state index < -0.39 is 0 Å². The van der Waals surface area contributed by atoms with Gasteiger partial charge in [0.15, 0.2) is 0 Å². The Kier molecular flexibility index (Phi) is 4.92. The van der Waals surface area contributed by atoms with Gasteiger partial charge in [-0.3, -0.25) is 9.59 Å². The standard InChI is InChI=1S/C15H19N3O3/c1-3-12-9-13(21-17-12)15(20)16-10-11-5-7-18(8-6-11)14(19)4-2/h4-5,9H,2-3,6-8,10H2,1H3,(H,16,20). The summed E-state index contributed by atoms with van der Waals surface area (Å²) < 4.78 is 4.97. The normalized spacial score (nSPS) is 14.5. The minimum Gasteiger partial charge on any atom is -0.351 e. The molecule has 0 unspecified atom stereocenters. The monoisotopic (exact) mass is 289 g/mol. The molecule has 1 aliphatic rings. The van der Waals surface area contributed by atoms with Crippen LogP contribution in [0.15, 0.2) is 34.9 Å². The lowest BCUT2D eigenvalue weighted by Crippen LogP contribution is -2.35. The van der Waals surface area contributed by atoms with Crippen molar-refractivity contribution in [3.63, 3.8) is 0 Å². The van der Waals surface area contributed by atoms with Crippen LogP contribution in [0.1, 0.15) is 29.6 Å². The van der Waals surface area contributed by atoms with Crippen molar-refractivity contribution in [1.29, 1.82) is 0 Å². The summed E-state index contributed by atoms with van der Waals surface area (Å²) in [6.45, 7) is 7.08. The number of nitrogens with zero attached hydrogens (tertiary/aromatic N) is 2. The maximum atomic E-state index is 11.9. The molecule has 2 amide bonds. The van der Waals surface area contributed by atoms with Crippen molar-refractivity contribution in [3.8, 4) is 0 Å². The molecule has 2 heterocycles. The third kappa shape index (κ3) is 3.81. The molecule has 0 fully saturated rings. The zero-order valence-electron chi connectivity index (χ0n) is 12.1. The lowest BCUT2D eigenvalue weighted by molar-refractivity contribution is -0.125. The maximum Gasteiger partial charge on any atom is 0.290 e. The highest BCUT2D eigenvalue weighted by Crippen LogP contribution is 2.11. The minimum absolute atomic E-state index is 0.0666. The molecule has 0 atom stereocenters. The number of hydrogen-bond acceptors (Lipinski definition) is 4. The summed E-state index contributed by atoms with van der Waals surface area (Å²) in [5, 5.41) is 6.58. The second-order valence-electron chi connectivity index (χ2n) is 4.82. The highest BCUT2D eigenvalue weighted by molar-refractivity contribution is 5.91. The first-order valence-electron chi connectivity index (χ1n) is 6.97. The van der Waals surface area contributed by atoms with Crippen molar-refractivity contribution in [2.45, 2.75) is 19.8 Å². The summed E-state index contributed by atoms with van der Waals surface area (Å²) in [5.74, 6) is -0.109. The fourth-order valence-electron chi connectivity index (χ4n) is 2.07. The highest BCUT2D eigenvalue weighted by Gasteiger charge is 2.16. The fourth-order valence-corrected chi connectivity index (χ4v) is 2.07. The number of hydrogen-bond donors (Lipinski definition) is 1. The van der Waals surface area contributed by atoms with Crippen LogP contribution >= 0.6 is 0 Å². The average Bonchev–Trinajstić information content (AvgIpc) is 3.01. The quantitative estimate of drug-likeness (QED) is 0.655. The van der Waals surface area contributed by atoms with E-state index in [0.29, 0.717) is 19.6 Å². The Morgan fingerprint density at radius 3 is 2.95 bits per heavy atom. The predicted octanol–water partition coefficient (Wildman–Crippen LogP) is 1.31. The molecule has 6 nitrogen and oxygen atoms in total. The van der Waals surface area contributed by atoms with E-state index in [9.17, 15) is 9.59 Å². The second-order valence-corrected chi connectivity index (χ2v) is 4.82. The van der Waals surface area contributed by atoms with E-state index in [0.717, 1.165) is 24.1 Å². The van der Waals surface area contributed by atoms with Gasteiger partial charge in [-0.15, -0.1) is 0 Å². The van der Waals surface area contributed by atoms with Crippen LogP contribution in [0.4, 0.5) is 0 Å². The van der Waals surface area contributed by atoms with Gasteiger partial charge in [-0.2, -0.15) is 0 Å². The van der Waals surface area contributed by atoms with Crippen LogP contribution < -0.4 is 5.32 Å². The average molecular weight is 289 g/mol. The summed E-state index contributed by atoms with van der Waals surface area (Å²) in [7, 11) is 0. The van der Waals surface area contributed by atoms with Crippen LogP contribution in [0, 0.1) is 0 Å². The van der Waals surface area contributed by atoms with Crippen LogP contribution in [-0.2, 0) is 11.2 Å². The summed E-state index contributed by atoms with van der Waals surface area (Å²) in [6, 6.07) is 1.65. The van der Waals surface area contributed by atoms with E-state index >= 15 is 0 Å². The lowest BCUT2D eigenvalue weighted by Gasteiger charge is -2.25. The molecule has 1 N–H and O–H groups in total. The van der Waals surface area contributed by atoms with E-state index in [1.54, 1.807) is 11.0 Å². The number of carbonyl (C=O) groups excluding carboxylic acids is 2. The van der Waals surface area contributed by atoms with E-state index in [4.69, 9.17) is 4.52 Å². The van der Waals surface area contributed by atoms with Gasteiger partial charge in [-0.05, 0) is 18.9 Å². The van der Waals surface area contributed by atoms with Gasteiger partial charge in [-0.1, -0.05) is 30.3 Å². The predicted molar refractivity (Wildman–Crippen MR) is 77.7 cm³/mol. The van der Waals surface area contributed by atoms with E-state index in [-0.39, 0.29) is 17.6 Å². The lowest BCUT2D eigenvalue weighted by atomic mass is 10.1. The Labute approximate surface area is 123 Å². The molecular formula is C15H19N3O3. The van der Waals surface area contributed by atoms with Gasteiger partial charge >= 0.3 is 0 Å². The molecule has 112 valence electrons. The first-order valence-corrected chi connectivity index (χ1v) is 6.97. The molecule has 0 aromatic carbocycles. The highest BCUT2D eigenvalue weighted by atomic mass is 16.5. The Morgan fingerprint density at radius 1 is 1.57 bits per heavy atom. The smallest absolute Gasteiger partial charge is 0.290 e. The number of aromatic nitrogens is 1. The molecule has 0 radical (unpaired) electrons. The Bertz CT molecular complexity index is 574. The molecule has 6 heteroatoms. The SMILES string of the molecule is C=CC(=O)N1CC=C(CNC(=O)c2cc(CC)no2)CC1. The van der Waals surface area contributed by atoms with Crippen LogP contribution in [0.25, 0.3) is 0 Å². The van der Waals surface area contributed by atoms with E-state index in [1.807, 2.05) is 13.0 Å². The molecule has 0 saturated heterocycles. The number of carbonyl (C=O) groups is 2. The third-order valence-corrected chi connectivity index (χ3v) is 3.41. The Balaban J connectivity index is 1.83. The van der Waals surface area contributed by atoms with Gasteiger partial charge in [0, 0.05) is 25.7 Å². The van der Waals surface area contributed by atoms with Crippen molar-refractivity contribution < 1.29 is 14.1 Å². The van der Waals surface area contributed by atoms with Gasteiger partial charge < -0.3 is 14.7 Å². The zero-order chi connectivity index (χ0) is 15.2. The van der Waals surface area contributed by atoms with E-state index in [1.165, 1.54) is 6.08 Å². The van der Waals surface area contributed by atoms with Crippen LogP contribution in [0.5, 0.6) is 0 Å². The van der Waals surface area contributed by atoms with Gasteiger partial charge in [0.25, 0.3) is 5.91 Å². The number of amides is 2. The van der Waals surface area contributed by atoms with Gasteiger partial charge in [0.2, 0.25) is 11.7 Å². The van der Waals surface area contributed by atoms with Crippen LogP contribution in [0.3, 0.4) is 0 Å². The van der Waals surface area contributed by atoms with Gasteiger partial charge in [0.1, 0.15) is 0 Å². The van der Waals surface area contributed by atoms with Gasteiger partial charge in [0.05, 0.1) is 5.69 Å². The maximum absolute atomic E-state index is 11.9. The van der Waals surface area contributed by atoms with Crippen molar-refractivity contribution in [3.05, 3.63) is 41.8 Å². The molecule has 0 saturated carbocycles. The third-order valence-electron chi connectivity index (χ3n) is 3.41. The fraction of sp³-hybridized carbons (Fsp3) is 0.400. The zero-order valence-corrected chi connectivity index (χ0v) is 12.1. The molecule has 21 heavy (non-hydrogen) atoms. The number of nitrogens with one attached hydrogen (secondary N) is 1. The Morgan fingerprint density at radius 2 is 2.38 bits per heavy atom. The molecule has 1 aromatic rings. The Hall–Kier alpha value is -2.37. The first-order chi connectivity index (χ1) is 10.1. The van der Waals surface area contributed by atoms with Crippen molar-refractivity contribution in [2.75, 3.05) is 19.6 Å². The summed E-state index contributed by atoms with van der Waals surface area (Å²) in [5.41, 5.74) is 1.86. The van der Waals surface area contributed by atoms with Gasteiger partial charge in [-0.25, -0.2) is 0 Å². The topological polar surface area (TPSA) is 75.4 Å². The van der Waals surface area contributed by atoms with Crippen molar-refractivity contribution in [2.24, 2.45) is 0 Å². The number of rotatable bonds is 5. The minimum atomic E-state index is -0.271. The number of aryl methyl sites for hydroxylation is 1. The molecule has 0 spiro atoms. The summed E-state index contributed by atoms with van der Waals surface area (Å²) in [6.07, 6.45) is 4.75. The van der Waals surface area contributed by atoms with Crippen LogP contribution in [0.2, 0.25) is 0 Å². The first kappa shape index (κ1) is 15.0. The molecule has 0 bridgehead atoms. The van der Waals surface area contributed by atoms with E-state index in [2.05, 4.69) is 17.1 Å². The molecule has 1 aromatic heterocycles. The van der Waals surface area contributed by atoms with Crippen LogP contribution in [-0.4, -0.2) is 41.5 Å². The van der Waals surface area contributed by atoms with Crippen molar-refractivity contribution in [1.82, 2.24) is 15.4 Å². The molecule has 2 rings (SSSR count). The molecule has 1 aliphatic heterocycles. The van der Waals surface area contributed by atoms with Crippen molar-refractivity contribution >= 4 is 11.8 Å². The molecule has 0 aliphatic carbocycles.